The molecule has 1 saturated heterocycles. The topological polar surface area (TPSA) is 60.8 Å². The number of halogens is 3. The van der Waals surface area contributed by atoms with Gasteiger partial charge in [0.05, 0.1) is 11.5 Å². The van der Waals surface area contributed by atoms with E-state index in [0.29, 0.717) is 0 Å². The first-order chi connectivity index (χ1) is 9.29. The summed E-state index contributed by atoms with van der Waals surface area (Å²) in [6.07, 6.45) is -4.52. The van der Waals surface area contributed by atoms with E-state index in [4.69, 9.17) is 0 Å². The van der Waals surface area contributed by atoms with Gasteiger partial charge in [0.15, 0.2) is 0 Å². The minimum Gasteiger partial charge on any atom is -0.508 e. The van der Waals surface area contributed by atoms with Gasteiger partial charge in [-0.1, -0.05) is 0 Å². The van der Waals surface area contributed by atoms with Crippen LogP contribution in [0.2, 0.25) is 0 Å². The van der Waals surface area contributed by atoms with Crippen LogP contribution in [0.3, 0.4) is 0 Å². The van der Waals surface area contributed by atoms with Crippen molar-refractivity contribution in [1.82, 2.24) is 4.90 Å². The summed E-state index contributed by atoms with van der Waals surface area (Å²) in [7, 11) is 0. The lowest BCUT2D eigenvalue weighted by molar-refractivity contribution is -0.183. The first kappa shape index (κ1) is 14.5. The van der Waals surface area contributed by atoms with Gasteiger partial charge in [0.2, 0.25) is 0 Å². The first-order valence-corrected chi connectivity index (χ1v) is 6.17. The number of phenols is 2. The average molecular weight is 289 g/mol. The SMILES string of the molecule is O=C(c1cc(O)ccc1O)N1CCC(C(F)(F)F)CC1. The minimum atomic E-state index is -4.23. The van der Waals surface area contributed by atoms with Crippen molar-refractivity contribution < 1.29 is 28.2 Å². The molecule has 0 aromatic heterocycles. The summed E-state index contributed by atoms with van der Waals surface area (Å²) in [5.74, 6) is -2.44. The maximum absolute atomic E-state index is 12.5. The minimum absolute atomic E-state index is 0.0158. The smallest absolute Gasteiger partial charge is 0.391 e. The number of piperidine rings is 1. The van der Waals surface area contributed by atoms with Crippen LogP contribution in [0.25, 0.3) is 0 Å². The van der Waals surface area contributed by atoms with Crippen molar-refractivity contribution in [2.24, 2.45) is 5.92 Å². The highest BCUT2D eigenvalue weighted by atomic mass is 19.4. The van der Waals surface area contributed by atoms with E-state index in [1.54, 1.807) is 0 Å². The lowest BCUT2D eigenvalue weighted by Crippen LogP contribution is -2.42. The van der Waals surface area contributed by atoms with Crippen molar-refractivity contribution in [2.45, 2.75) is 19.0 Å². The molecule has 1 aromatic rings. The molecular formula is C13H14F3NO3. The van der Waals surface area contributed by atoms with E-state index in [1.165, 1.54) is 17.0 Å². The van der Waals surface area contributed by atoms with Gasteiger partial charge in [-0.15, -0.1) is 0 Å². The summed E-state index contributed by atoms with van der Waals surface area (Å²) in [6, 6.07) is 3.50. The second-order valence-corrected chi connectivity index (χ2v) is 4.81. The highest BCUT2D eigenvalue weighted by molar-refractivity contribution is 5.97. The number of phenolic OH excluding ortho intramolecular Hbond substituents is 2. The standard InChI is InChI=1S/C13H14F3NO3/c14-13(15,16)8-3-5-17(6-4-8)12(20)10-7-9(18)1-2-11(10)19/h1-2,7-8,18-19H,3-6H2. The number of hydrogen-bond donors (Lipinski definition) is 2. The number of amides is 1. The third-order valence-electron chi connectivity index (χ3n) is 3.46. The summed E-state index contributed by atoms with van der Waals surface area (Å²) in [6.45, 7) is -0.0315. The monoisotopic (exact) mass is 289 g/mol. The second kappa shape index (κ2) is 5.22. The van der Waals surface area contributed by atoms with Crippen molar-refractivity contribution >= 4 is 5.91 Å². The van der Waals surface area contributed by atoms with E-state index in [1.807, 2.05) is 0 Å². The van der Waals surface area contributed by atoms with Crippen LogP contribution in [0.15, 0.2) is 18.2 Å². The van der Waals surface area contributed by atoms with Crippen molar-refractivity contribution in [3.05, 3.63) is 23.8 Å². The van der Waals surface area contributed by atoms with Gasteiger partial charge in [0.1, 0.15) is 11.5 Å². The van der Waals surface area contributed by atoms with Crippen LogP contribution in [0.4, 0.5) is 13.2 Å². The Morgan fingerprint density at radius 3 is 2.35 bits per heavy atom. The normalized spacial score (nSPS) is 17.2. The van der Waals surface area contributed by atoms with Crippen LogP contribution < -0.4 is 0 Å². The number of likely N-dealkylation sites (tertiary alicyclic amines) is 1. The number of carbonyl (C=O) groups excluding carboxylic acids is 1. The fraction of sp³-hybridized carbons (Fsp3) is 0.462. The molecule has 1 amide bonds. The van der Waals surface area contributed by atoms with Crippen molar-refractivity contribution in [1.29, 1.82) is 0 Å². The Labute approximate surface area is 113 Å². The number of aromatic hydroxyl groups is 2. The Balaban J connectivity index is 2.07. The van der Waals surface area contributed by atoms with Crippen LogP contribution in [-0.4, -0.2) is 40.3 Å². The predicted octanol–water partition coefficient (Wildman–Crippen LogP) is 2.51. The molecule has 0 radical (unpaired) electrons. The number of rotatable bonds is 1. The van der Waals surface area contributed by atoms with Crippen LogP contribution in [0.5, 0.6) is 11.5 Å². The highest BCUT2D eigenvalue weighted by Crippen LogP contribution is 2.35. The van der Waals surface area contributed by atoms with Crippen LogP contribution in [-0.2, 0) is 0 Å². The molecule has 0 spiro atoms. The van der Waals surface area contributed by atoms with Gasteiger partial charge < -0.3 is 15.1 Å². The van der Waals surface area contributed by atoms with E-state index in [2.05, 4.69) is 0 Å². The van der Waals surface area contributed by atoms with E-state index in [9.17, 15) is 28.2 Å². The Hall–Kier alpha value is -1.92. The van der Waals surface area contributed by atoms with Crippen LogP contribution in [0.1, 0.15) is 23.2 Å². The zero-order valence-corrected chi connectivity index (χ0v) is 10.5. The number of alkyl halides is 3. The van der Waals surface area contributed by atoms with E-state index >= 15 is 0 Å². The quantitative estimate of drug-likeness (QED) is 0.781. The average Bonchev–Trinajstić information content (AvgIpc) is 2.40. The van der Waals surface area contributed by atoms with Crippen LogP contribution in [0, 0.1) is 5.92 Å². The lowest BCUT2D eigenvalue weighted by atomic mass is 9.96. The third-order valence-corrected chi connectivity index (χ3v) is 3.46. The molecule has 0 unspecified atom stereocenters. The Kier molecular flexibility index (Phi) is 3.78. The molecule has 2 rings (SSSR count). The van der Waals surface area contributed by atoms with Gasteiger partial charge in [-0.05, 0) is 31.0 Å². The Bertz CT molecular complexity index is 508. The molecule has 110 valence electrons. The molecule has 1 aliphatic heterocycles. The predicted molar refractivity (Wildman–Crippen MR) is 64.5 cm³/mol. The van der Waals surface area contributed by atoms with Crippen molar-refractivity contribution in [3.63, 3.8) is 0 Å². The van der Waals surface area contributed by atoms with E-state index in [0.717, 1.165) is 6.07 Å². The molecule has 4 nitrogen and oxygen atoms in total. The van der Waals surface area contributed by atoms with E-state index < -0.39 is 18.0 Å². The number of nitrogens with zero attached hydrogens (tertiary/aromatic N) is 1. The van der Waals surface area contributed by atoms with E-state index in [-0.39, 0.29) is 43.0 Å². The second-order valence-electron chi connectivity index (χ2n) is 4.81. The molecular weight excluding hydrogens is 275 g/mol. The first-order valence-electron chi connectivity index (χ1n) is 6.17. The summed E-state index contributed by atoms with van der Waals surface area (Å²) >= 11 is 0. The summed E-state index contributed by atoms with van der Waals surface area (Å²) in [4.78, 5) is 13.4. The largest absolute Gasteiger partial charge is 0.508 e. The molecule has 0 bridgehead atoms. The summed E-state index contributed by atoms with van der Waals surface area (Å²) in [5, 5.41) is 18.9. The van der Waals surface area contributed by atoms with Gasteiger partial charge in [0, 0.05) is 13.1 Å². The number of hydrogen-bond acceptors (Lipinski definition) is 3. The fourth-order valence-electron chi connectivity index (χ4n) is 2.28. The molecule has 2 N–H and O–H groups in total. The molecule has 1 aliphatic rings. The van der Waals surface area contributed by atoms with Gasteiger partial charge in [-0.25, -0.2) is 0 Å². The lowest BCUT2D eigenvalue weighted by Gasteiger charge is -2.33. The zero-order valence-electron chi connectivity index (χ0n) is 10.5. The maximum Gasteiger partial charge on any atom is 0.391 e. The molecule has 0 saturated carbocycles. The Morgan fingerprint density at radius 2 is 1.80 bits per heavy atom. The third kappa shape index (κ3) is 2.97. The van der Waals surface area contributed by atoms with Gasteiger partial charge in [-0.2, -0.15) is 13.2 Å². The van der Waals surface area contributed by atoms with Crippen LogP contribution >= 0.6 is 0 Å². The van der Waals surface area contributed by atoms with Gasteiger partial charge >= 0.3 is 6.18 Å². The molecule has 1 heterocycles. The van der Waals surface area contributed by atoms with Crippen molar-refractivity contribution in [3.8, 4) is 11.5 Å². The molecule has 0 aliphatic carbocycles. The highest BCUT2D eigenvalue weighted by Gasteiger charge is 2.41. The van der Waals surface area contributed by atoms with Gasteiger partial charge in [0.25, 0.3) is 5.91 Å². The fourth-order valence-corrected chi connectivity index (χ4v) is 2.28. The zero-order chi connectivity index (χ0) is 14.9. The van der Waals surface area contributed by atoms with Gasteiger partial charge in [-0.3, -0.25) is 4.79 Å². The summed E-state index contributed by atoms with van der Waals surface area (Å²) < 4.78 is 37.6. The molecule has 1 aromatic carbocycles. The number of carbonyl (C=O) groups is 1. The van der Waals surface area contributed by atoms with Crippen molar-refractivity contribution in [2.75, 3.05) is 13.1 Å². The molecule has 0 atom stereocenters. The maximum atomic E-state index is 12.5. The Morgan fingerprint density at radius 1 is 1.20 bits per heavy atom. The molecule has 1 fully saturated rings. The number of benzene rings is 1. The summed E-state index contributed by atoms with van der Waals surface area (Å²) in [5.41, 5.74) is -0.101. The molecule has 7 heteroatoms. The molecule has 20 heavy (non-hydrogen) atoms.